The van der Waals surface area contributed by atoms with Gasteiger partial charge in [-0.1, -0.05) is 17.0 Å². The summed E-state index contributed by atoms with van der Waals surface area (Å²) in [6.07, 6.45) is 3.53. The lowest BCUT2D eigenvalue weighted by Gasteiger charge is -2.03. The predicted octanol–water partition coefficient (Wildman–Crippen LogP) is -0.0295. The van der Waals surface area contributed by atoms with Gasteiger partial charge < -0.3 is 5.32 Å². The molecule has 13 heavy (non-hydrogen) atoms. The van der Waals surface area contributed by atoms with Gasteiger partial charge in [0.1, 0.15) is 0 Å². The summed E-state index contributed by atoms with van der Waals surface area (Å²) in [5.41, 5.74) is 0. The topological polar surface area (TPSA) is 55.1 Å². The van der Waals surface area contributed by atoms with Gasteiger partial charge in [-0.2, -0.15) is 0 Å². The molecule has 6 heteroatoms. The minimum absolute atomic E-state index is 0.833. The van der Waals surface area contributed by atoms with E-state index in [1.807, 2.05) is 6.20 Å². The highest BCUT2D eigenvalue weighted by Gasteiger charge is 2.04. The first-order valence-electron chi connectivity index (χ1n) is 4.20. The summed E-state index contributed by atoms with van der Waals surface area (Å²) in [5, 5.41) is 11.9. The Morgan fingerprint density at radius 3 is 3.31 bits per heavy atom. The third kappa shape index (κ3) is 2.45. The van der Waals surface area contributed by atoms with Crippen molar-refractivity contribution in [1.82, 2.24) is 20.3 Å². The first kappa shape index (κ1) is 8.55. The van der Waals surface area contributed by atoms with E-state index in [1.165, 1.54) is 0 Å². The zero-order chi connectivity index (χ0) is 8.93. The minimum Gasteiger partial charge on any atom is -0.363 e. The molecular weight excluding hydrogens is 186 g/mol. The fourth-order valence-corrected chi connectivity index (χ4v) is 1.83. The predicted molar refractivity (Wildman–Crippen MR) is 52.8 cm³/mol. The van der Waals surface area contributed by atoms with Crippen LogP contribution in [-0.2, 0) is 6.54 Å². The number of nitrogens with zero attached hydrogens (tertiary/aromatic N) is 4. The fraction of sp³-hybridized carbons (Fsp3) is 0.571. The Kier molecular flexibility index (Phi) is 2.81. The molecule has 0 amide bonds. The fourth-order valence-electron chi connectivity index (χ4n) is 1.07. The molecular formula is C7H11N5S. The van der Waals surface area contributed by atoms with Gasteiger partial charge in [0.25, 0.3) is 0 Å². The SMILES string of the molecule is c1cn(CCNC2=NCCS2)nn1. The quantitative estimate of drug-likeness (QED) is 0.739. The molecule has 1 aliphatic heterocycles. The van der Waals surface area contributed by atoms with Crippen LogP contribution in [0.25, 0.3) is 0 Å². The van der Waals surface area contributed by atoms with Gasteiger partial charge in [0.2, 0.25) is 0 Å². The van der Waals surface area contributed by atoms with E-state index in [0.717, 1.165) is 30.6 Å². The van der Waals surface area contributed by atoms with Crippen molar-refractivity contribution in [3.8, 4) is 0 Å². The van der Waals surface area contributed by atoms with E-state index in [2.05, 4.69) is 20.6 Å². The molecule has 0 radical (unpaired) electrons. The first-order valence-corrected chi connectivity index (χ1v) is 5.19. The average Bonchev–Trinajstić information content (AvgIpc) is 2.75. The Balaban J connectivity index is 1.69. The third-order valence-electron chi connectivity index (χ3n) is 1.67. The second-order valence-electron chi connectivity index (χ2n) is 2.63. The molecule has 0 unspecified atom stereocenters. The van der Waals surface area contributed by atoms with E-state index >= 15 is 0 Å². The van der Waals surface area contributed by atoms with Gasteiger partial charge in [-0.3, -0.25) is 9.67 Å². The van der Waals surface area contributed by atoms with Crippen LogP contribution in [0.2, 0.25) is 0 Å². The van der Waals surface area contributed by atoms with Crippen LogP contribution >= 0.6 is 11.8 Å². The normalized spacial score (nSPS) is 15.8. The zero-order valence-electron chi connectivity index (χ0n) is 7.18. The lowest BCUT2D eigenvalue weighted by Crippen LogP contribution is -2.24. The molecule has 1 aromatic rings. The van der Waals surface area contributed by atoms with Gasteiger partial charge in [-0.05, 0) is 0 Å². The highest BCUT2D eigenvalue weighted by Crippen LogP contribution is 2.08. The van der Waals surface area contributed by atoms with Crippen molar-refractivity contribution in [3.63, 3.8) is 0 Å². The van der Waals surface area contributed by atoms with Crippen molar-refractivity contribution in [2.75, 3.05) is 18.8 Å². The van der Waals surface area contributed by atoms with Gasteiger partial charge in [0.15, 0.2) is 5.17 Å². The molecule has 0 bridgehead atoms. The van der Waals surface area contributed by atoms with E-state index in [9.17, 15) is 0 Å². The van der Waals surface area contributed by atoms with Crippen LogP contribution in [0.15, 0.2) is 17.4 Å². The van der Waals surface area contributed by atoms with Crippen LogP contribution in [0.1, 0.15) is 0 Å². The average molecular weight is 197 g/mol. The Morgan fingerprint density at radius 2 is 2.62 bits per heavy atom. The summed E-state index contributed by atoms with van der Waals surface area (Å²) in [5.74, 6) is 1.10. The summed E-state index contributed by atoms with van der Waals surface area (Å²) in [6, 6.07) is 0. The molecule has 1 aliphatic rings. The molecule has 0 aromatic carbocycles. The molecule has 2 heterocycles. The lowest BCUT2D eigenvalue weighted by molar-refractivity contribution is 0.581. The third-order valence-corrected chi connectivity index (χ3v) is 2.61. The van der Waals surface area contributed by atoms with Crippen molar-refractivity contribution >= 4 is 16.9 Å². The number of rotatable bonds is 3. The Bertz CT molecular complexity index is 281. The second-order valence-corrected chi connectivity index (χ2v) is 3.71. The van der Waals surface area contributed by atoms with Crippen molar-refractivity contribution in [2.24, 2.45) is 4.99 Å². The number of aromatic nitrogens is 3. The molecule has 2 rings (SSSR count). The maximum atomic E-state index is 4.28. The summed E-state index contributed by atoms with van der Waals surface area (Å²) in [6.45, 7) is 2.63. The molecule has 5 nitrogen and oxygen atoms in total. The molecule has 70 valence electrons. The van der Waals surface area contributed by atoms with Crippen LogP contribution in [0.4, 0.5) is 0 Å². The molecule has 0 aliphatic carbocycles. The van der Waals surface area contributed by atoms with E-state index in [0.29, 0.717) is 0 Å². The summed E-state index contributed by atoms with van der Waals surface area (Å²) < 4.78 is 1.80. The number of hydrogen-bond donors (Lipinski definition) is 1. The minimum atomic E-state index is 0.833. The molecule has 0 saturated heterocycles. The highest BCUT2D eigenvalue weighted by molar-refractivity contribution is 8.14. The summed E-state index contributed by atoms with van der Waals surface area (Å²) >= 11 is 1.77. The largest absolute Gasteiger partial charge is 0.363 e. The van der Waals surface area contributed by atoms with Gasteiger partial charge >= 0.3 is 0 Å². The Morgan fingerprint density at radius 1 is 1.62 bits per heavy atom. The maximum absolute atomic E-state index is 4.28. The molecule has 0 atom stereocenters. The highest BCUT2D eigenvalue weighted by atomic mass is 32.2. The standard InChI is InChI=1S/C7H11N5S/c1(4-12-5-2-10-11-12)8-7-9-3-6-13-7/h2,5H,1,3-4,6H2,(H,8,9). The van der Waals surface area contributed by atoms with E-state index in [4.69, 9.17) is 0 Å². The smallest absolute Gasteiger partial charge is 0.156 e. The maximum Gasteiger partial charge on any atom is 0.156 e. The van der Waals surface area contributed by atoms with E-state index in [-0.39, 0.29) is 0 Å². The summed E-state index contributed by atoms with van der Waals surface area (Å²) in [7, 11) is 0. The number of hydrogen-bond acceptors (Lipinski definition) is 5. The van der Waals surface area contributed by atoms with Gasteiger partial charge in [0.05, 0.1) is 19.3 Å². The molecule has 0 fully saturated rings. The van der Waals surface area contributed by atoms with Gasteiger partial charge in [-0.15, -0.1) is 5.10 Å². The molecule has 0 saturated carbocycles. The second kappa shape index (κ2) is 4.27. The monoisotopic (exact) mass is 197 g/mol. The first-order chi connectivity index (χ1) is 6.45. The van der Waals surface area contributed by atoms with Crippen molar-refractivity contribution < 1.29 is 0 Å². The van der Waals surface area contributed by atoms with Crippen LogP contribution < -0.4 is 5.32 Å². The van der Waals surface area contributed by atoms with Crippen LogP contribution in [0.3, 0.4) is 0 Å². The van der Waals surface area contributed by atoms with Crippen LogP contribution in [-0.4, -0.2) is 39.0 Å². The Labute approximate surface area is 80.6 Å². The number of thioether (sulfide) groups is 1. The molecule has 1 aromatic heterocycles. The van der Waals surface area contributed by atoms with Crippen LogP contribution in [0, 0.1) is 0 Å². The van der Waals surface area contributed by atoms with Crippen molar-refractivity contribution in [3.05, 3.63) is 12.4 Å². The number of nitrogens with one attached hydrogen (secondary N) is 1. The Hall–Kier alpha value is -1.04. The molecule has 0 spiro atoms. The lowest BCUT2D eigenvalue weighted by atomic mass is 10.6. The van der Waals surface area contributed by atoms with Crippen LogP contribution in [0.5, 0.6) is 0 Å². The van der Waals surface area contributed by atoms with Gasteiger partial charge in [-0.25, -0.2) is 0 Å². The van der Waals surface area contributed by atoms with E-state index in [1.54, 1.807) is 22.6 Å². The zero-order valence-corrected chi connectivity index (χ0v) is 8.00. The van der Waals surface area contributed by atoms with E-state index < -0.39 is 0 Å². The summed E-state index contributed by atoms with van der Waals surface area (Å²) in [4.78, 5) is 4.28. The number of aliphatic imine (C=N–C) groups is 1. The van der Waals surface area contributed by atoms with Crippen molar-refractivity contribution in [2.45, 2.75) is 6.54 Å². The van der Waals surface area contributed by atoms with Gasteiger partial charge in [0, 0.05) is 18.5 Å². The molecule has 1 N–H and O–H groups in total. The van der Waals surface area contributed by atoms with Crippen molar-refractivity contribution in [1.29, 1.82) is 0 Å². The number of amidine groups is 1.